The van der Waals surface area contributed by atoms with Gasteiger partial charge in [-0.1, -0.05) is 60.6 Å². The van der Waals surface area contributed by atoms with Crippen LogP contribution in [-0.2, 0) is 0 Å². The Morgan fingerprint density at radius 2 is 1.46 bits per heavy atom. The predicted molar refractivity (Wildman–Crippen MR) is 61.8 cm³/mol. The molecule has 78 valence electrons. The summed E-state index contributed by atoms with van der Waals surface area (Å²) >= 11 is 0. The Morgan fingerprint density at radius 1 is 1.00 bits per heavy atom. The average Bonchev–Trinajstić information content (AvgIpc) is 1.82. The van der Waals surface area contributed by atoms with Crippen LogP contribution in [0.15, 0.2) is 12.2 Å². The first-order valence-corrected chi connectivity index (χ1v) is 5.36. The molecular formula is C13H26. The van der Waals surface area contributed by atoms with Crippen molar-refractivity contribution in [2.75, 3.05) is 0 Å². The van der Waals surface area contributed by atoms with E-state index in [0.29, 0.717) is 16.7 Å². The van der Waals surface area contributed by atoms with Gasteiger partial charge in [-0.2, -0.15) is 0 Å². The Labute approximate surface area is 84.4 Å². The monoisotopic (exact) mass is 182 g/mol. The van der Waals surface area contributed by atoms with Gasteiger partial charge in [0.1, 0.15) is 0 Å². The smallest absolute Gasteiger partial charge is 0.0187 e. The fourth-order valence-electron chi connectivity index (χ4n) is 1.44. The fraction of sp³-hybridized carbons (Fsp3) is 0.846. The summed E-state index contributed by atoms with van der Waals surface area (Å²) in [6.07, 6.45) is 5.96. The zero-order valence-electron chi connectivity index (χ0n) is 10.4. The molecule has 1 unspecified atom stereocenters. The lowest BCUT2D eigenvalue weighted by molar-refractivity contribution is 0.284. The Kier molecular flexibility index (Phi) is 4.22. The minimum Gasteiger partial charge on any atom is -0.0844 e. The van der Waals surface area contributed by atoms with Gasteiger partial charge < -0.3 is 0 Å². The van der Waals surface area contributed by atoms with E-state index in [0.717, 1.165) is 0 Å². The SMILES string of the molecule is CCC(/C=C/C(C)(C)C)C(C)(C)C. The Balaban J connectivity index is 4.39. The quantitative estimate of drug-likeness (QED) is 0.545. The number of hydrogen-bond donors (Lipinski definition) is 0. The molecule has 0 fully saturated rings. The van der Waals surface area contributed by atoms with Crippen LogP contribution in [0.5, 0.6) is 0 Å². The van der Waals surface area contributed by atoms with Crippen LogP contribution in [0.1, 0.15) is 54.9 Å². The van der Waals surface area contributed by atoms with Gasteiger partial charge in [0.05, 0.1) is 0 Å². The first-order valence-electron chi connectivity index (χ1n) is 5.36. The molecule has 0 N–H and O–H groups in total. The van der Waals surface area contributed by atoms with Crippen molar-refractivity contribution in [3.63, 3.8) is 0 Å². The third-order valence-electron chi connectivity index (χ3n) is 2.38. The Bertz CT molecular complexity index is 161. The maximum absolute atomic E-state index is 2.39. The van der Waals surface area contributed by atoms with Gasteiger partial charge in [0.25, 0.3) is 0 Å². The topological polar surface area (TPSA) is 0 Å². The summed E-state index contributed by atoms with van der Waals surface area (Å²) in [5.41, 5.74) is 0.717. The van der Waals surface area contributed by atoms with Gasteiger partial charge >= 0.3 is 0 Å². The molecule has 0 heteroatoms. The molecule has 0 amide bonds. The summed E-state index contributed by atoms with van der Waals surface area (Å²) in [4.78, 5) is 0. The highest BCUT2D eigenvalue weighted by atomic mass is 14.3. The highest BCUT2D eigenvalue weighted by Gasteiger charge is 2.20. The molecule has 0 aromatic rings. The average molecular weight is 182 g/mol. The molecule has 0 bridgehead atoms. The summed E-state index contributed by atoms with van der Waals surface area (Å²) in [5.74, 6) is 0.701. The lowest BCUT2D eigenvalue weighted by atomic mass is 9.78. The van der Waals surface area contributed by atoms with Crippen LogP contribution in [-0.4, -0.2) is 0 Å². The third-order valence-corrected chi connectivity index (χ3v) is 2.38. The van der Waals surface area contributed by atoms with Crippen molar-refractivity contribution in [1.82, 2.24) is 0 Å². The number of hydrogen-bond acceptors (Lipinski definition) is 0. The molecule has 0 nitrogen and oxygen atoms in total. The van der Waals surface area contributed by atoms with Crippen LogP contribution >= 0.6 is 0 Å². The molecule has 0 aliphatic heterocycles. The number of allylic oxidation sites excluding steroid dienone is 2. The highest BCUT2D eigenvalue weighted by molar-refractivity contribution is 4.98. The molecule has 0 aromatic heterocycles. The van der Waals surface area contributed by atoms with E-state index in [1.807, 2.05) is 0 Å². The van der Waals surface area contributed by atoms with Crippen LogP contribution in [0.25, 0.3) is 0 Å². The molecule has 0 radical (unpaired) electrons. The third kappa shape index (κ3) is 5.90. The van der Waals surface area contributed by atoms with E-state index in [2.05, 4.69) is 60.6 Å². The van der Waals surface area contributed by atoms with E-state index in [1.54, 1.807) is 0 Å². The fourth-order valence-corrected chi connectivity index (χ4v) is 1.44. The first-order chi connectivity index (χ1) is 5.67. The molecule has 0 aliphatic carbocycles. The van der Waals surface area contributed by atoms with Crippen LogP contribution in [0.4, 0.5) is 0 Å². The van der Waals surface area contributed by atoms with Crippen molar-refractivity contribution in [3.05, 3.63) is 12.2 Å². The maximum atomic E-state index is 2.39. The van der Waals surface area contributed by atoms with Gasteiger partial charge in [-0.05, 0) is 23.2 Å². The van der Waals surface area contributed by atoms with E-state index < -0.39 is 0 Å². The van der Waals surface area contributed by atoms with Crippen LogP contribution < -0.4 is 0 Å². The maximum Gasteiger partial charge on any atom is -0.0187 e. The highest BCUT2D eigenvalue weighted by Crippen LogP contribution is 2.31. The summed E-state index contributed by atoms with van der Waals surface area (Å²) in [5, 5.41) is 0. The lowest BCUT2D eigenvalue weighted by Crippen LogP contribution is -2.18. The summed E-state index contributed by atoms with van der Waals surface area (Å²) in [6.45, 7) is 16.0. The van der Waals surface area contributed by atoms with Crippen molar-refractivity contribution in [2.45, 2.75) is 54.9 Å². The minimum atomic E-state index is 0.318. The van der Waals surface area contributed by atoms with Gasteiger partial charge in [0.2, 0.25) is 0 Å². The van der Waals surface area contributed by atoms with Crippen molar-refractivity contribution in [3.8, 4) is 0 Å². The van der Waals surface area contributed by atoms with Gasteiger partial charge in [0.15, 0.2) is 0 Å². The lowest BCUT2D eigenvalue weighted by Gasteiger charge is -2.28. The van der Waals surface area contributed by atoms with E-state index in [9.17, 15) is 0 Å². The van der Waals surface area contributed by atoms with Gasteiger partial charge in [0, 0.05) is 0 Å². The second kappa shape index (κ2) is 4.30. The Morgan fingerprint density at radius 3 is 1.69 bits per heavy atom. The van der Waals surface area contributed by atoms with Crippen molar-refractivity contribution in [2.24, 2.45) is 16.7 Å². The molecule has 0 saturated carbocycles. The zero-order valence-corrected chi connectivity index (χ0v) is 10.4. The molecular weight excluding hydrogens is 156 g/mol. The number of rotatable bonds is 2. The van der Waals surface area contributed by atoms with E-state index >= 15 is 0 Å². The largest absolute Gasteiger partial charge is 0.0844 e. The van der Waals surface area contributed by atoms with Crippen molar-refractivity contribution >= 4 is 0 Å². The molecule has 0 heterocycles. The molecule has 0 aliphatic rings. The molecule has 13 heavy (non-hydrogen) atoms. The van der Waals surface area contributed by atoms with Gasteiger partial charge in [-0.25, -0.2) is 0 Å². The normalized spacial score (nSPS) is 16.5. The molecule has 0 rings (SSSR count). The molecule has 0 saturated heterocycles. The second-order valence-corrected chi connectivity index (χ2v) is 6.11. The van der Waals surface area contributed by atoms with Crippen LogP contribution in [0.2, 0.25) is 0 Å². The van der Waals surface area contributed by atoms with Crippen molar-refractivity contribution < 1.29 is 0 Å². The summed E-state index contributed by atoms with van der Waals surface area (Å²) < 4.78 is 0. The predicted octanol–water partition coefficient (Wildman–Crippen LogP) is 4.66. The molecule has 0 spiro atoms. The summed E-state index contributed by atoms with van der Waals surface area (Å²) in [6, 6.07) is 0. The molecule has 0 aromatic carbocycles. The van der Waals surface area contributed by atoms with Crippen molar-refractivity contribution in [1.29, 1.82) is 0 Å². The van der Waals surface area contributed by atoms with E-state index in [-0.39, 0.29) is 0 Å². The Hall–Kier alpha value is -0.260. The molecule has 1 atom stereocenters. The van der Waals surface area contributed by atoms with Gasteiger partial charge in [-0.3, -0.25) is 0 Å². The zero-order chi connectivity index (χ0) is 10.7. The minimum absolute atomic E-state index is 0.318. The standard InChI is InChI=1S/C13H26/c1-8-11(13(5,6)7)9-10-12(2,3)4/h9-11H,8H2,1-7H3/b10-9+. The van der Waals surface area contributed by atoms with Crippen LogP contribution in [0, 0.1) is 16.7 Å². The summed E-state index contributed by atoms with van der Waals surface area (Å²) in [7, 11) is 0. The van der Waals surface area contributed by atoms with Crippen LogP contribution in [0.3, 0.4) is 0 Å². The first kappa shape index (κ1) is 12.7. The van der Waals surface area contributed by atoms with Gasteiger partial charge in [-0.15, -0.1) is 0 Å². The van der Waals surface area contributed by atoms with E-state index in [1.165, 1.54) is 6.42 Å². The second-order valence-electron chi connectivity index (χ2n) is 6.11. The van der Waals surface area contributed by atoms with E-state index in [4.69, 9.17) is 0 Å².